The second kappa shape index (κ2) is 4.63. The van der Waals surface area contributed by atoms with Crippen molar-refractivity contribution in [2.45, 2.75) is 70.1 Å². The number of hydrogen-bond donors (Lipinski definition) is 1. The van der Waals surface area contributed by atoms with E-state index in [0.717, 1.165) is 12.3 Å². The molecular weight excluding hydrogens is 174 g/mol. The second-order valence-corrected chi connectivity index (χ2v) is 4.98. The summed E-state index contributed by atoms with van der Waals surface area (Å²) < 4.78 is 6.05. The van der Waals surface area contributed by atoms with Gasteiger partial charge in [0, 0.05) is 6.04 Å². The van der Waals surface area contributed by atoms with Gasteiger partial charge < -0.3 is 10.5 Å². The summed E-state index contributed by atoms with van der Waals surface area (Å²) in [6.07, 6.45) is 9.74. The minimum absolute atomic E-state index is 0.304. The summed E-state index contributed by atoms with van der Waals surface area (Å²) in [5.41, 5.74) is 6.10. The highest BCUT2D eigenvalue weighted by atomic mass is 16.5. The Balaban J connectivity index is 1.80. The molecule has 2 saturated carbocycles. The Bertz CT molecular complexity index is 177. The van der Waals surface area contributed by atoms with Crippen molar-refractivity contribution < 1.29 is 4.74 Å². The summed E-state index contributed by atoms with van der Waals surface area (Å²) in [5, 5.41) is 0. The number of nitrogens with two attached hydrogens (primary N) is 1. The largest absolute Gasteiger partial charge is 0.373 e. The van der Waals surface area contributed by atoms with Crippen LogP contribution >= 0.6 is 0 Å². The molecule has 2 heteroatoms. The molecule has 2 rings (SSSR count). The van der Waals surface area contributed by atoms with Gasteiger partial charge in [-0.05, 0) is 44.4 Å². The SMILES string of the molecule is CCC1CCC(N)C(OC2CCC2)C1. The Morgan fingerprint density at radius 3 is 2.57 bits per heavy atom. The predicted octanol–water partition coefficient (Wildman–Crippen LogP) is 2.46. The fraction of sp³-hybridized carbons (Fsp3) is 1.00. The maximum Gasteiger partial charge on any atom is 0.0732 e. The van der Waals surface area contributed by atoms with E-state index in [1.54, 1.807) is 0 Å². The third kappa shape index (κ3) is 2.29. The molecule has 0 aromatic heterocycles. The molecule has 2 aliphatic carbocycles. The molecule has 3 atom stereocenters. The van der Waals surface area contributed by atoms with Crippen LogP contribution in [0.15, 0.2) is 0 Å². The first-order valence-electron chi connectivity index (χ1n) is 6.20. The quantitative estimate of drug-likeness (QED) is 0.754. The molecule has 0 radical (unpaired) electrons. The molecule has 82 valence electrons. The molecule has 0 saturated heterocycles. The Labute approximate surface area is 87.2 Å². The zero-order valence-electron chi connectivity index (χ0n) is 9.24. The van der Waals surface area contributed by atoms with Crippen molar-refractivity contribution in [3.05, 3.63) is 0 Å². The first-order chi connectivity index (χ1) is 6.79. The lowest BCUT2D eigenvalue weighted by Crippen LogP contribution is -2.44. The minimum Gasteiger partial charge on any atom is -0.373 e. The summed E-state index contributed by atoms with van der Waals surface area (Å²) >= 11 is 0. The van der Waals surface area contributed by atoms with Crippen LogP contribution in [0.3, 0.4) is 0 Å². The van der Waals surface area contributed by atoms with Crippen LogP contribution in [0.5, 0.6) is 0 Å². The van der Waals surface area contributed by atoms with Crippen LogP contribution in [0.2, 0.25) is 0 Å². The third-order valence-corrected chi connectivity index (χ3v) is 3.95. The van der Waals surface area contributed by atoms with Gasteiger partial charge in [-0.1, -0.05) is 13.3 Å². The van der Waals surface area contributed by atoms with Gasteiger partial charge in [-0.3, -0.25) is 0 Å². The van der Waals surface area contributed by atoms with Crippen LogP contribution in [-0.4, -0.2) is 18.2 Å². The summed E-state index contributed by atoms with van der Waals surface area (Å²) in [5.74, 6) is 0.861. The number of ether oxygens (including phenoxy) is 1. The van der Waals surface area contributed by atoms with E-state index in [4.69, 9.17) is 10.5 Å². The Morgan fingerprint density at radius 1 is 1.21 bits per heavy atom. The van der Waals surface area contributed by atoms with E-state index < -0.39 is 0 Å². The van der Waals surface area contributed by atoms with E-state index in [1.165, 1.54) is 38.5 Å². The molecule has 2 aliphatic rings. The normalized spacial score (nSPS) is 39.4. The van der Waals surface area contributed by atoms with Crippen molar-refractivity contribution in [3.63, 3.8) is 0 Å². The van der Waals surface area contributed by atoms with Crippen LogP contribution < -0.4 is 5.73 Å². The predicted molar refractivity (Wildman–Crippen MR) is 58.1 cm³/mol. The van der Waals surface area contributed by atoms with Crippen LogP contribution in [-0.2, 0) is 4.74 Å². The summed E-state index contributed by atoms with van der Waals surface area (Å²) in [4.78, 5) is 0. The molecule has 3 unspecified atom stereocenters. The first kappa shape index (κ1) is 10.4. The molecule has 0 aromatic rings. The Hall–Kier alpha value is -0.0800. The highest BCUT2D eigenvalue weighted by Crippen LogP contribution is 2.32. The summed E-state index contributed by atoms with van der Waals surface area (Å²) in [6.45, 7) is 2.28. The topological polar surface area (TPSA) is 35.2 Å². The maximum absolute atomic E-state index is 6.10. The number of hydrogen-bond acceptors (Lipinski definition) is 2. The Kier molecular flexibility index (Phi) is 3.45. The van der Waals surface area contributed by atoms with Crippen LogP contribution in [0.4, 0.5) is 0 Å². The fourth-order valence-corrected chi connectivity index (χ4v) is 2.52. The molecule has 0 heterocycles. The molecule has 0 aromatic carbocycles. The first-order valence-corrected chi connectivity index (χ1v) is 6.20. The lowest BCUT2D eigenvalue weighted by Gasteiger charge is -2.38. The van der Waals surface area contributed by atoms with Gasteiger partial charge in [-0.2, -0.15) is 0 Å². The van der Waals surface area contributed by atoms with E-state index in [-0.39, 0.29) is 0 Å². The van der Waals surface area contributed by atoms with Gasteiger partial charge in [0.2, 0.25) is 0 Å². The van der Waals surface area contributed by atoms with Gasteiger partial charge in [-0.15, -0.1) is 0 Å². The smallest absolute Gasteiger partial charge is 0.0732 e. The molecule has 2 N–H and O–H groups in total. The van der Waals surface area contributed by atoms with Gasteiger partial charge in [0.25, 0.3) is 0 Å². The van der Waals surface area contributed by atoms with E-state index in [2.05, 4.69) is 6.92 Å². The van der Waals surface area contributed by atoms with E-state index in [0.29, 0.717) is 18.2 Å². The molecule has 2 fully saturated rings. The fourth-order valence-electron chi connectivity index (χ4n) is 2.52. The minimum atomic E-state index is 0.304. The highest BCUT2D eigenvalue weighted by Gasteiger charge is 2.31. The second-order valence-electron chi connectivity index (χ2n) is 4.98. The van der Waals surface area contributed by atoms with Crippen LogP contribution in [0, 0.1) is 5.92 Å². The van der Waals surface area contributed by atoms with Crippen molar-refractivity contribution >= 4 is 0 Å². The Morgan fingerprint density at radius 2 is 2.00 bits per heavy atom. The molecule has 14 heavy (non-hydrogen) atoms. The average Bonchev–Trinajstić information content (AvgIpc) is 2.14. The molecule has 0 amide bonds. The highest BCUT2D eigenvalue weighted by molar-refractivity contribution is 4.85. The van der Waals surface area contributed by atoms with E-state index in [1.807, 2.05) is 0 Å². The molecule has 0 spiro atoms. The van der Waals surface area contributed by atoms with Crippen molar-refractivity contribution in [2.24, 2.45) is 11.7 Å². The van der Waals surface area contributed by atoms with Crippen molar-refractivity contribution in [1.29, 1.82) is 0 Å². The zero-order valence-corrected chi connectivity index (χ0v) is 9.24. The van der Waals surface area contributed by atoms with Gasteiger partial charge >= 0.3 is 0 Å². The molecule has 2 nitrogen and oxygen atoms in total. The van der Waals surface area contributed by atoms with Crippen molar-refractivity contribution in [1.82, 2.24) is 0 Å². The lowest BCUT2D eigenvalue weighted by atomic mass is 9.82. The van der Waals surface area contributed by atoms with Gasteiger partial charge in [-0.25, -0.2) is 0 Å². The third-order valence-electron chi connectivity index (χ3n) is 3.95. The number of rotatable bonds is 3. The van der Waals surface area contributed by atoms with Crippen molar-refractivity contribution in [2.75, 3.05) is 0 Å². The molecule has 0 aliphatic heterocycles. The molecular formula is C12H23NO. The van der Waals surface area contributed by atoms with Gasteiger partial charge in [0.05, 0.1) is 12.2 Å². The maximum atomic E-state index is 6.10. The van der Waals surface area contributed by atoms with E-state index >= 15 is 0 Å². The van der Waals surface area contributed by atoms with Crippen LogP contribution in [0.1, 0.15) is 51.9 Å². The monoisotopic (exact) mass is 197 g/mol. The van der Waals surface area contributed by atoms with Crippen molar-refractivity contribution in [3.8, 4) is 0 Å². The van der Waals surface area contributed by atoms with Crippen LogP contribution in [0.25, 0.3) is 0 Å². The van der Waals surface area contributed by atoms with E-state index in [9.17, 15) is 0 Å². The summed E-state index contributed by atoms with van der Waals surface area (Å²) in [6, 6.07) is 0.304. The van der Waals surface area contributed by atoms with Gasteiger partial charge in [0.15, 0.2) is 0 Å². The summed E-state index contributed by atoms with van der Waals surface area (Å²) in [7, 11) is 0. The lowest BCUT2D eigenvalue weighted by molar-refractivity contribution is -0.0809. The molecule has 0 bridgehead atoms. The average molecular weight is 197 g/mol. The zero-order chi connectivity index (χ0) is 9.97. The standard InChI is InChI=1S/C12H23NO/c1-2-9-6-7-11(13)12(8-9)14-10-4-3-5-10/h9-12H,2-8,13H2,1H3. The van der Waals surface area contributed by atoms with Gasteiger partial charge in [0.1, 0.15) is 0 Å².